The number of aromatic nitrogens is 1. The van der Waals surface area contributed by atoms with E-state index in [-0.39, 0.29) is 5.91 Å². The monoisotopic (exact) mass is 282 g/mol. The van der Waals surface area contributed by atoms with Crippen molar-refractivity contribution in [1.82, 2.24) is 4.57 Å². The van der Waals surface area contributed by atoms with E-state index in [2.05, 4.69) is 11.4 Å². The maximum atomic E-state index is 12.0. The molecule has 0 aliphatic carbocycles. The van der Waals surface area contributed by atoms with Gasteiger partial charge in [-0.2, -0.15) is 0 Å². The molecule has 0 unspecified atom stereocenters. The Morgan fingerprint density at radius 2 is 2.10 bits per heavy atom. The molecule has 21 heavy (non-hydrogen) atoms. The van der Waals surface area contributed by atoms with Gasteiger partial charge in [-0.25, -0.2) is 0 Å². The van der Waals surface area contributed by atoms with E-state index in [0.717, 1.165) is 22.7 Å². The highest BCUT2D eigenvalue weighted by Crippen LogP contribution is 2.20. The summed E-state index contributed by atoms with van der Waals surface area (Å²) in [6.45, 7) is 1.90. The second kappa shape index (κ2) is 5.48. The van der Waals surface area contributed by atoms with Crippen LogP contribution in [-0.4, -0.2) is 10.5 Å². The molecular formula is C17H18N2O2. The molecule has 0 radical (unpaired) electrons. The van der Waals surface area contributed by atoms with Gasteiger partial charge < -0.3 is 14.3 Å². The number of rotatable bonds is 4. The largest absolute Gasteiger partial charge is 0.466 e. The van der Waals surface area contributed by atoms with Crippen molar-refractivity contribution in [3.63, 3.8) is 0 Å². The van der Waals surface area contributed by atoms with Crippen molar-refractivity contribution in [2.45, 2.75) is 19.8 Å². The summed E-state index contributed by atoms with van der Waals surface area (Å²) < 4.78 is 7.50. The summed E-state index contributed by atoms with van der Waals surface area (Å²) in [5.41, 5.74) is 1.93. The molecule has 0 bridgehead atoms. The molecule has 1 aromatic carbocycles. The Labute approximate surface area is 123 Å². The third kappa shape index (κ3) is 2.99. The van der Waals surface area contributed by atoms with Crippen LogP contribution in [0.25, 0.3) is 10.9 Å². The van der Waals surface area contributed by atoms with Gasteiger partial charge in [0.15, 0.2) is 0 Å². The van der Waals surface area contributed by atoms with Crippen LogP contribution in [0.3, 0.4) is 0 Å². The maximum absolute atomic E-state index is 12.0. The first kappa shape index (κ1) is 13.5. The van der Waals surface area contributed by atoms with Crippen LogP contribution >= 0.6 is 0 Å². The zero-order valence-corrected chi connectivity index (χ0v) is 12.2. The fourth-order valence-electron chi connectivity index (χ4n) is 2.42. The number of benzene rings is 1. The van der Waals surface area contributed by atoms with Crippen molar-refractivity contribution in [3.05, 3.63) is 54.1 Å². The third-order valence-electron chi connectivity index (χ3n) is 3.57. The van der Waals surface area contributed by atoms with E-state index in [4.69, 9.17) is 4.42 Å². The van der Waals surface area contributed by atoms with E-state index in [1.807, 2.05) is 55.1 Å². The van der Waals surface area contributed by atoms with Crippen LogP contribution in [0.15, 0.2) is 47.0 Å². The molecule has 2 aromatic heterocycles. The van der Waals surface area contributed by atoms with Crippen molar-refractivity contribution in [1.29, 1.82) is 0 Å². The Hall–Kier alpha value is -2.49. The zero-order chi connectivity index (χ0) is 14.8. The number of fused-ring (bicyclic) bond motifs is 1. The van der Waals surface area contributed by atoms with Crippen LogP contribution in [0.2, 0.25) is 0 Å². The van der Waals surface area contributed by atoms with Crippen molar-refractivity contribution in [3.8, 4) is 0 Å². The summed E-state index contributed by atoms with van der Waals surface area (Å²) in [7, 11) is 1.99. The van der Waals surface area contributed by atoms with Gasteiger partial charge in [0.25, 0.3) is 0 Å². The molecule has 0 saturated carbocycles. The third-order valence-corrected chi connectivity index (χ3v) is 3.57. The van der Waals surface area contributed by atoms with E-state index < -0.39 is 0 Å². The number of hydrogen-bond donors (Lipinski definition) is 1. The van der Waals surface area contributed by atoms with Crippen LogP contribution in [0.5, 0.6) is 0 Å². The second-order valence-corrected chi connectivity index (χ2v) is 5.26. The van der Waals surface area contributed by atoms with Gasteiger partial charge in [0, 0.05) is 37.3 Å². The number of amides is 1. The lowest BCUT2D eigenvalue weighted by Gasteiger charge is -2.06. The normalized spacial score (nSPS) is 11.0. The fraction of sp³-hybridized carbons (Fsp3) is 0.235. The molecule has 108 valence electrons. The summed E-state index contributed by atoms with van der Waals surface area (Å²) in [5, 5.41) is 4.10. The van der Waals surface area contributed by atoms with Gasteiger partial charge in [-0.1, -0.05) is 6.07 Å². The van der Waals surface area contributed by atoms with Crippen LogP contribution in [0.4, 0.5) is 5.69 Å². The Morgan fingerprint density at radius 3 is 2.86 bits per heavy atom. The second-order valence-electron chi connectivity index (χ2n) is 5.26. The number of carbonyl (C=O) groups is 1. The quantitative estimate of drug-likeness (QED) is 0.794. The molecule has 0 fully saturated rings. The van der Waals surface area contributed by atoms with Gasteiger partial charge in [-0.05, 0) is 42.6 Å². The SMILES string of the molecule is Cc1ccc(CCC(=O)Nc2ccc3ccn(C)c3c2)o1. The standard InChI is InChI=1S/C17H18N2O2/c1-12-3-6-15(21-12)7-8-17(20)18-14-5-4-13-9-10-19(2)16(13)11-14/h3-6,9-11H,7-8H2,1-2H3,(H,18,20). The molecule has 0 aliphatic rings. The molecule has 3 rings (SSSR count). The minimum atomic E-state index is -0.00221. The molecule has 4 nitrogen and oxygen atoms in total. The Morgan fingerprint density at radius 1 is 1.24 bits per heavy atom. The van der Waals surface area contributed by atoms with Crippen molar-refractivity contribution < 1.29 is 9.21 Å². The molecule has 0 spiro atoms. The molecule has 1 N–H and O–H groups in total. The number of carbonyl (C=O) groups excluding carboxylic acids is 1. The lowest BCUT2D eigenvalue weighted by molar-refractivity contribution is -0.116. The summed E-state index contributed by atoms with van der Waals surface area (Å²) in [6, 6.07) is 11.8. The predicted molar refractivity (Wildman–Crippen MR) is 83.3 cm³/mol. The number of anilines is 1. The smallest absolute Gasteiger partial charge is 0.224 e. The molecule has 0 saturated heterocycles. The number of furan rings is 1. The van der Waals surface area contributed by atoms with E-state index >= 15 is 0 Å². The molecule has 1 amide bonds. The van der Waals surface area contributed by atoms with Crippen molar-refractivity contribution >= 4 is 22.5 Å². The van der Waals surface area contributed by atoms with E-state index in [1.165, 1.54) is 5.39 Å². The molecular weight excluding hydrogens is 264 g/mol. The maximum Gasteiger partial charge on any atom is 0.224 e. The fourth-order valence-corrected chi connectivity index (χ4v) is 2.42. The highest BCUT2D eigenvalue weighted by molar-refractivity contribution is 5.93. The Balaban J connectivity index is 1.64. The van der Waals surface area contributed by atoms with Gasteiger partial charge in [-0.3, -0.25) is 4.79 Å². The average Bonchev–Trinajstić information content (AvgIpc) is 3.04. The van der Waals surface area contributed by atoms with Gasteiger partial charge in [0.05, 0.1) is 0 Å². The van der Waals surface area contributed by atoms with Crippen LogP contribution in [0.1, 0.15) is 17.9 Å². The minimum Gasteiger partial charge on any atom is -0.466 e. The van der Waals surface area contributed by atoms with Crippen LogP contribution in [0, 0.1) is 6.92 Å². The minimum absolute atomic E-state index is 0.00221. The molecule has 3 aromatic rings. The van der Waals surface area contributed by atoms with E-state index in [1.54, 1.807) is 0 Å². The Kier molecular flexibility index (Phi) is 3.52. The lowest BCUT2D eigenvalue weighted by Crippen LogP contribution is -2.12. The average molecular weight is 282 g/mol. The first-order valence-corrected chi connectivity index (χ1v) is 7.02. The molecule has 2 heterocycles. The number of nitrogens with zero attached hydrogens (tertiary/aromatic N) is 1. The van der Waals surface area contributed by atoms with Gasteiger partial charge in [0.2, 0.25) is 5.91 Å². The topological polar surface area (TPSA) is 47.2 Å². The summed E-state index contributed by atoms with van der Waals surface area (Å²) >= 11 is 0. The summed E-state index contributed by atoms with van der Waals surface area (Å²) in [4.78, 5) is 12.0. The highest BCUT2D eigenvalue weighted by Gasteiger charge is 2.07. The highest BCUT2D eigenvalue weighted by atomic mass is 16.3. The molecule has 4 heteroatoms. The molecule has 0 atom stereocenters. The number of hydrogen-bond acceptors (Lipinski definition) is 2. The first-order valence-electron chi connectivity index (χ1n) is 7.02. The van der Waals surface area contributed by atoms with E-state index in [0.29, 0.717) is 12.8 Å². The van der Waals surface area contributed by atoms with Gasteiger partial charge in [-0.15, -0.1) is 0 Å². The predicted octanol–water partition coefficient (Wildman–Crippen LogP) is 3.65. The van der Waals surface area contributed by atoms with Crippen molar-refractivity contribution in [2.75, 3.05) is 5.32 Å². The van der Waals surface area contributed by atoms with Crippen molar-refractivity contribution in [2.24, 2.45) is 7.05 Å². The number of nitrogens with one attached hydrogen (secondary N) is 1. The number of aryl methyl sites for hydroxylation is 3. The van der Waals surface area contributed by atoms with Crippen LogP contribution < -0.4 is 5.32 Å². The van der Waals surface area contributed by atoms with E-state index in [9.17, 15) is 4.79 Å². The van der Waals surface area contributed by atoms with Crippen LogP contribution in [-0.2, 0) is 18.3 Å². The Bertz CT molecular complexity index is 783. The van der Waals surface area contributed by atoms with Gasteiger partial charge in [0.1, 0.15) is 11.5 Å². The first-order chi connectivity index (χ1) is 10.1. The molecule has 0 aliphatic heterocycles. The summed E-state index contributed by atoms with van der Waals surface area (Å²) in [5.74, 6) is 1.72. The lowest BCUT2D eigenvalue weighted by atomic mass is 10.2. The zero-order valence-electron chi connectivity index (χ0n) is 12.2. The summed E-state index contributed by atoms with van der Waals surface area (Å²) in [6.07, 6.45) is 3.04. The van der Waals surface area contributed by atoms with Gasteiger partial charge >= 0.3 is 0 Å².